The lowest BCUT2D eigenvalue weighted by atomic mass is 10.0. The Hall–Kier alpha value is -2.89. The van der Waals surface area contributed by atoms with Gasteiger partial charge < -0.3 is 0 Å². The van der Waals surface area contributed by atoms with Crippen molar-refractivity contribution in [3.63, 3.8) is 0 Å². The molecule has 3 rings (SSSR count). The largest absolute Gasteiger partial charge is 0.288 e. The molecule has 0 radical (unpaired) electrons. The third-order valence-electron chi connectivity index (χ3n) is 3.58. The van der Waals surface area contributed by atoms with E-state index in [0.29, 0.717) is 11.1 Å². The molecular formula is C23H15BrO. The third-order valence-corrected chi connectivity index (χ3v) is 4.11. The molecule has 0 aliphatic rings. The van der Waals surface area contributed by atoms with Crippen molar-refractivity contribution in [2.24, 2.45) is 0 Å². The van der Waals surface area contributed by atoms with Crippen LogP contribution in [-0.4, -0.2) is 5.78 Å². The molecule has 0 N–H and O–H groups in total. The quantitative estimate of drug-likeness (QED) is 0.317. The predicted molar refractivity (Wildman–Crippen MR) is 106 cm³/mol. The first-order valence-electron chi connectivity index (χ1n) is 7.86. The van der Waals surface area contributed by atoms with Crippen molar-refractivity contribution in [2.45, 2.75) is 0 Å². The monoisotopic (exact) mass is 386 g/mol. The summed E-state index contributed by atoms with van der Waals surface area (Å²) in [4.78, 5) is 12.9. The Balaban J connectivity index is 2.00. The van der Waals surface area contributed by atoms with Crippen LogP contribution < -0.4 is 0 Å². The molecule has 1 nitrogen and oxygen atoms in total. The average Bonchev–Trinajstić information content (AvgIpc) is 2.67. The highest BCUT2D eigenvalue weighted by atomic mass is 79.9. The average molecular weight is 387 g/mol. The van der Waals surface area contributed by atoms with Gasteiger partial charge in [-0.25, -0.2) is 0 Å². The number of carbonyl (C=O) groups is 1. The molecule has 25 heavy (non-hydrogen) atoms. The molecule has 0 atom stereocenters. The molecule has 0 aromatic heterocycles. The highest BCUT2D eigenvalue weighted by Gasteiger charge is 2.10. The van der Waals surface area contributed by atoms with E-state index in [1.807, 2.05) is 78.9 Å². The van der Waals surface area contributed by atoms with E-state index in [2.05, 4.69) is 27.8 Å². The summed E-state index contributed by atoms with van der Waals surface area (Å²) in [5.41, 5.74) is 2.92. The number of allylic oxidation sites excluding steroid dienone is 1. The maximum Gasteiger partial charge on any atom is 0.201 e. The number of hydrogen-bond acceptors (Lipinski definition) is 1. The van der Waals surface area contributed by atoms with E-state index >= 15 is 0 Å². The maximum absolute atomic E-state index is 12.9. The third kappa shape index (κ3) is 4.79. The summed E-state index contributed by atoms with van der Waals surface area (Å²) in [5, 5.41) is 0. The van der Waals surface area contributed by atoms with E-state index in [-0.39, 0.29) is 5.78 Å². The van der Waals surface area contributed by atoms with E-state index in [1.54, 1.807) is 12.1 Å². The van der Waals surface area contributed by atoms with E-state index in [1.165, 1.54) is 0 Å². The molecule has 3 aromatic carbocycles. The van der Waals surface area contributed by atoms with Gasteiger partial charge in [-0.1, -0.05) is 76.3 Å². The molecule has 0 unspecified atom stereocenters. The van der Waals surface area contributed by atoms with Crippen molar-refractivity contribution in [3.8, 4) is 11.8 Å². The van der Waals surface area contributed by atoms with Crippen LogP contribution in [0.4, 0.5) is 0 Å². The molecule has 120 valence electrons. The second-order valence-corrected chi connectivity index (χ2v) is 6.34. The van der Waals surface area contributed by atoms with Crippen molar-refractivity contribution in [1.82, 2.24) is 0 Å². The Kier molecular flexibility index (Phi) is 5.61. The van der Waals surface area contributed by atoms with Crippen LogP contribution in [0.5, 0.6) is 0 Å². The molecule has 2 heteroatoms. The molecular weight excluding hydrogens is 372 g/mol. The molecule has 0 fully saturated rings. The summed E-state index contributed by atoms with van der Waals surface area (Å²) in [5.74, 6) is 6.04. The van der Waals surface area contributed by atoms with Gasteiger partial charge in [-0.2, -0.15) is 0 Å². The molecule has 0 bridgehead atoms. The zero-order chi connectivity index (χ0) is 17.5. The maximum atomic E-state index is 12.9. The summed E-state index contributed by atoms with van der Waals surface area (Å²) in [7, 11) is 0. The number of Topliss-reactive ketones (excluding diaryl/α,β-unsaturated/α-hetero) is 1. The number of ketones is 1. The first kappa shape index (κ1) is 17.0. The van der Waals surface area contributed by atoms with Crippen LogP contribution in [-0.2, 0) is 0 Å². The van der Waals surface area contributed by atoms with Crippen LogP contribution in [0.2, 0.25) is 0 Å². The van der Waals surface area contributed by atoms with Gasteiger partial charge in [0.15, 0.2) is 0 Å². The molecule has 0 aliphatic heterocycles. The fraction of sp³-hybridized carbons (Fsp3) is 0. The van der Waals surface area contributed by atoms with Crippen LogP contribution in [0.3, 0.4) is 0 Å². The van der Waals surface area contributed by atoms with Gasteiger partial charge in [0.25, 0.3) is 0 Å². The molecule has 0 aliphatic carbocycles. The number of hydrogen-bond donors (Lipinski definition) is 0. The minimum atomic E-state index is -0.0835. The minimum Gasteiger partial charge on any atom is -0.288 e. The summed E-state index contributed by atoms with van der Waals surface area (Å²) < 4.78 is 0.938. The van der Waals surface area contributed by atoms with Crippen molar-refractivity contribution in [2.75, 3.05) is 0 Å². The molecule has 3 aromatic rings. The van der Waals surface area contributed by atoms with Crippen LogP contribution in [0.15, 0.2) is 95.0 Å². The van der Waals surface area contributed by atoms with Crippen LogP contribution in [0.25, 0.3) is 6.08 Å². The molecule has 0 amide bonds. The molecule has 0 saturated heterocycles. The standard InChI is InChI=1S/C23H15BrO/c24-22-15-13-20(14-16-22)23(25)21(17-19-9-5-2-6-10-19)12-11-18-7-3-1-4-8-18/h1-10,13-17H/b21-17+. The summed E-state index contributed by atoms with van der Waals surface area (Å²) in [6.45, 7) is 0. The summed E-state index contributed by atoms with van der Waals surface area (Å²) in [6.07, 6.45) is 1.83. The fourth-order valence-electron chi connectivity index (χ4n) is 2.29. The van der Waals surface area contributed by atoms with Gasteiger partial charge in [-0.05, 0) is 48.0 Å². The van der Waals surface area contributed by atoms with Crippen LogP contribution in [0, 0.1) is 11.8 Å². The Bertz CT molecular complexity index is 944. The smallest absolute Gasteiger partial charge is 0.201 e. The van der Waals surface area contributed by atoms with Gasteiger partial charge in [0, 0.05) is 15.6 Å². The molecule has 0 saturated carbocycles. The highest BCUT2D eigenvalue weighted by Crippen LogP contribution is 2.16. The molecule has 0 spiro atoms. The lowest BCUT2D eigenvalue weighted by Crippen LogP contribution is -2.02. The predicted octanol–water partition coefficient (Wildman–Crippen LogP) is 5.77. The van der Waals surface area contributed by atoms with E-state index in [0.717, 1.165) is 15.6 Å². The fourth-order valence-corrected chi connectivity index (χ4v) is 2.56. The van der Waals surface area contributed by atoms with Crippen molar-refractivity contribution in [3.05, 3.63) is 112 Å². The Morgan fingerprint density at radius 3 is 2.04 bits per heavy atom. The van der Waals surface area contributed by atoms with E-state index in [4.69, 9.17) is 0 Å². The lowest BCUT2D eigenvalue weighted by Gasteiger charge is -2.02. The van der Waals surface area contributed by atoms with Crippen LogP contribution in [0.1, 0.15) is 21.5 Å². The minimum absolute atomic E-state index is 0.0835. The zero-order valence-electron chi connectivity index (χ0n) is 13.4. The normalized spacial score (nSPS) is 10.7. The second kappa shape index (κ2) is 8.28. The van der Waals surface area contributed by atoms with Gasteiger partial charge in [-0.15, -0.1) is 0 Å². The number of halogens is 1. The number of rotatable bonds is 3. The van der Waals surface area contributed by atoms with Crippen LogP contribution >= 0.6 is 15.9 Å². The molecule has 0 heterocycles. The van der Waals surface area contributed by atoms with Gasteiger partial charge in [-0.3, -0.25) is 4.79 Å². The van der Waals surface area contributed by atoms with E-state index < -0.39 is 0 Å². The number of benzene rings is 3. The van der Waals surface area contributed by atoms with Gasteiger partial charge >= 0.3 is 0 Å². The Morgan fingerprint density at radius 1 is 0.800 bits per heavy atom. The second-order valence-electron chi connectivity index (χ2n) is 5.42. The first-order chi connectivity index (χ1) is 12.2. The SMILES string of the molecule is O=C(/C(C#Cc1ccccc1)=C/c1ccccc1)c1ccc(Br)cc1. The van der Waals surface area contributed by atoms with Crippen molar-refractivity contribution < 1.29 is 4.79 Å². The summed E-state index contributed by atoms with van der Waals surface area (Å²) in [6, 6.07) is 26.7. The van der Waals surface area contributed by atoms with E-state index in [9.17, 15) is 4.79 Å². The van der Waals surface area contributed by atoms with Gasteiger partial charge in [0.1, 0.15) is 0 Å². The number of carbonyl (C=O) groups excluding carboxylic acids is 1. The topological polar surface area (TPSA) is 17.1 Å². The van der Waals surface area contributed by atoms with Crippen molar-refractivity contribution in [1.29, 1.82) is 0 Å². The highest BCUT2D eigenvalue weighted by molar-refractivity contribution is 9.10. The van der Waals surface area contributed by atoms with Crippen molar-refractivity contribution >= 4 is 27.8 Å². The Morgan fingerprint density at radius 2 is 1.40 bits per heavy atom. The zero-order valence-corrected chi connectivity index (χ0v) is 15.0. The Labute approximate surface area is 156 Å². The van der Waals surface area contributed by atoms with Gasteiger partial charge in [0.05, 0.1) is 5.57 Å². The summed E-state index contributed by atoms with van der Waals surface area (Å²) >= 11 is 3.39. The lowest BCUT2D eigenvalue weighted by molar-refractivity contribution is 0.104. The van der Waals surface area contributed by atoms with Gasteiger partial charge in [0.2, 0.25) is 5.78 Å². The first-order valence-corrected chi connectivity index (χ1v) is 8.66.